The summed E-state index contributed by atoms with van der Waals surface area (Å²) < 4.78 is 5.87. The van der Waals surface area contributed by atoms with E-state index < -0.39 is 5.97 Å². The SMILES string of the molecule is O=C(O)c1coc(-c2ccc(Br)cc2Cl)n1. The molecule has 0 saturated heterocycles. The molecule has 1 aromatic carbocycles. The van der Waals surface area contributed by atoms with Crippen molar-refractivity contribution in [2.75, 3.05) is 0 Å². The predicted octanol–water partition coefficient (Wildman–Crippen LogP) is 3.46. The number of oxazole rings is 1. The molecule has 0 aliphatic heterocycles. The molecule has 0 aliphatic carbocycles. The third-order valence-corrected chi connectivity index (χ3v) is 2.69. The topological polar surface area (TPSA) is 63.3 Å². The fourth-order valence-corrected chi connectivity index (χ4v) is 1.91. The normalized spacial score (nSPS) is 10.4. The van der Waals surface area contributed by atoms with Crippen LogP contribution in [0.1, 0.15) is 10.5 Å². The number of nitrogens with zero attached hydrogens (tertiary/aromatic N) is 1. The summed E-state index contributed by atoms with van der Waals surface area (Å²) in [5, 5.41) is 9.13. The number of aromatic nitrogens is 1. The van der Waals surface area contributed by atoms with Gasteiger partial charge in [-0.1, -0.05) is 27.5 Å². The molecule has 0 spiro atoms. The van der Waals surface area contributed by atoms with Crippen LogP contribution in [0.3, 0.4) is 0 Å². The third kappa shape index (κ3) is 2.10. The number of hydrogen-bond acceptors (Lipinski definition) is 3. The maximum atomic E-state index is 10.6. The number of carboxylic acid groups (broad SMARTS) is 1. The first kappa shape index (κ1) is 11.2. The van der Waals surface area contributed by atoms with Crippen molar-refractivity contribution in [1.82, 2.24) is 4.98 Å². The highest BCUT2D eigenvalue weighted by Crippen LogP contribution is 2.29. The van der Waals surface area contributed by atoms with Crippen molar-refractivity contribution in [2.24, 2.45) is 0 Å². The maximum absolute atomic E-state index is 10.6. The van der Waals surface area contributed by atoms with Crippen LogP contribution in [0.2, 0.25) is 5.02 Å². The maximum Gasteiger partial charge on any atom is 0.357 e. The Morgan fingerprint density at radius 1 is 1.50 bits per heavy atom. The molecule has 82 valence electrons. The minimum atomic E-state index is -1.14. The Kier molecular flexibility index (Phi) is 2.98. The summed E-state index contributed by atoms with van der Waals surface area (Å²) in [5.41, 5.74) is 0.409. The van der Waals surface area contributed by atoms with E-state index in [0.29, 0.717) is 10.6 Å². The minimum Gasteiger partial charge on any atom is -0.476 e. The van der Waals surface area contributed by atoms with E-state index in [1.807, 2.05) is 0 Å². The Balaban J connectivity index is 2.46. The van der Waals surface area contributed by atoms with Gasteiger partial charge in [-0.25, -0.2) is 9.78 Å². The summed E-state index contributed by atoms with van der Waals surface area (Å²) in [7, 11) is 0. The molecular formula is C10H5BrClNO3. The average molecular weight is 303 g/mol. The third-order valence-electron chi connectivity index (χ3n) is 1.88. The zero-order valence-corrected chi connectivity index (χ0v) is 10.1. The largest absolute Gasteiger partial charge is 0.476 e. The minimum absolute atomic E-state index is 0.144. The predicted molar refractivity (Wildman–Crippen MR) is 61.6 cm³/mol. The highest BCUT2D eigenvalue weighted by Gasteiger charge is 2.14. The lowest BCUT2D eigenvalue weighted by molar-refractivity contribution is 0.0690. The van der Waals surface area contributed by atoms with Crippen molar-refractivity contribution in [3.63, 3.8) is 0 Å². The molecule has 0 bridgehead atoms. The number of halogens is 2. The number of carboxylic acids is 1. The molecule has 1 heterocycles. The summed E-state index contributed by atoms with van der Waals surface area (Å²) in [6.07, 6.45) is 1.08. The van der Waals surface area contributed by atoms with Crippen LogP contribution in [-0.2, 0) is 0 Å². The van der Waals surface area contributed by atoms with Gasteiger partial charge in [0.1, 0.15) is 6.26 Å². The highest BCUT2D eigenvalue weighted by atomic mass is 79.9. The molecule has 2 rings (SSSR count). The van der Waals surface area contributed by atoms with Crippen LogP contribution in [-0.4, -0.2) is 16.1 Å². The summed E-state index contributed by atoms with van der Waals surface area (Å²) in [5.74, 6) is -0.946. The summed E-state index contributed by atoms with van der Waals surface area (Å²) >= 11 is 9.24. The number of carbonyl (C=O) groups is 1. The molecule has 4 nitrogen and oxygen atoms in total. The Bertz CT molecular complexity index is 553. The zero-order chi connectivity index (χ0) is 11.7. The van der Waals surface area contributed by atoms with Gasteiger partial charge < -0.3 is 9.52 Å². The van der Waals surface area contributed by atoms with Crippen LogP contribution in [0.5, 0.6) is 0 Å². The van der Waals surface area contributed by atoms with E-state index in [0.717, 1.165) is 10.7 Å². The molecule has 2 aromatic rings. The first-order chi connectivity index (χ1) is 7.58. The second-order valence-corrected chi connectivity index (χ2v) is 4.29. The van der Waals surface area contributed by atoms with Crippen molar-refractivity contribution in [1.29, 1.82) is 0 Å². The summed E-state index contributed by atoms with van der Waals surface area (Å²) in [4.78, 5) is 14.4. The molecule has 1 aromatic heterocycles. The van der Waals surface area contributed by atoms with Gasteiger partial charge in [0, 0.05) is 4.47 Å². The molecule has 0 aliphatic rings. The van der Waals surface area contributed by atoms with Gasteiger partial charge in [0.2, 0.25) is 5.89 Å². The molecule has 0 saturated carbocycles. The Labute approximate surface area is 104 Å². The van der Waals surface area contributed by atoms with Gasteiger partial charge in [0.15, 0.2) is 5.69 Å². The van der Waals surface area contributed by atoms with Crippen LogP contribution >= 0.6 is 27.5 Å². The van der Waals surface area contributed by atoms with Gasteiger partial charge in [0.05, 0.1) is 10.6 Å². The smallest absolute Gasteiger partial charge is 0.357 e. The molecule has 6 heteroatoms. The standard InChI is InChI=1S/C10H5BrClNO3/c11-5-1-2-6(7(12)3-5)9-13-8(4-16-9)10(14)15/h1-4H,(H,14,15). The second-order valence-electron chi connectivity index (χ2n) is 2.97. The first-order valence-electron chi connectivity index (χ1n) is 4.22. The van der Waals surface area contributed by atoms with E-state index in [9.17, 15) is 4.79 Å². The lowest BCUT2D eigenvalue weighted by Gasteiger charge is -1.99. The lowest BCUT2D eigenvalue weighted by Crippen LogP contribution is -1.95. The molecule has 0 atom stereocenters. The van der Waals surface area contributed by atoms with Crippen molar-refractivity contribution in [3.8, 4) is 11.5 Å². The molecule has 0 fully saturated rings. The van der Waals surface area contributed by atoms with Crippen LogP contribution in [0.15, 0.2) is 33.4 Å². The highest BCUT2D eigenvalue weighted by molar-refractivity contribution is 9.10. The number of hydrogen-bond donors (Lipinski definition) is 1. The van der Waals surface area contributed by atoms with E-state index in [2.05, 4.69) is 20.9 Å². The van der Waals surface area contributed by atoms with Crippen LogP contribution in [0.4, 0.5) is 0 Å². The van der Waals surface area contributed by atoms with Crippen molar-refractivity contribution >= 4 is 33.5 Å². The average Bonchev–Trinajstić information content (AvgIpc) is 2.66. The van der Waals surface area contributed by atoms with Gasteiger partial charge >= 0.3 is 5.97 Å². The van der Waals surface area contributed by atoms with Gasteiger partial charge in [-0.05, 0) is 18.2 Å². The molecule has 1 N–H and O–H groups in total. The monoisotopic (exact) mass is 301 g/mol. The van der Waals surface area contributed by atoms with E-state index in [-0.39, 0.29) is 11.6 Å². The summed E-state index contributed by atoms with van der Waals surface area (Å²) in [6.45, 7) is 0. The van der Waals surface area contributed by atoms with E-state index in [1.54, 1.807) is 18.2 Å². The van der Waals surface area contributed by atoms with Gasteiger partial charge in [0.25, 0.3) is 0 Å². The molecule has 0 radical (unpaired) electrons. The fraction of sp³-hybridized carbons (Fsp3) is 0. The van der Waals surface area contributed by atoms with Crippen LogP contribution in [0.25, 0.3) is 11.5 Å². The molecule has 0 amide bonds. The van der Waals surface area contributed by atoms with E-state index in [4.69, 9.17) is 21.1 Å². The quantitative estimate of drug-likeness (QED) is 0.923. The van der Waals surface area contributed by atoms with Crippen molar-refractivity contribution < 1.29 is 14.3 Å². The van der Waals surface area contributed by atoms with Crippen LogP contribution < -0.4 is 0 Å². The van der Waals surface area contributed by atoms with Crippen LogP contribution in [0, 0.1) is 0 Å². The fourth-order valence-electron chi connectivity index (χ4n) is 1.16. The number of rotatable bonds is 2. The molecular weight excluding hydrogens is 297 g/mol. The number of aromatic carboxylic acids is 1. The van der Waals surface area contributed by atoms with Crippen molar-refractivity contribution in [3.05, 3.63) is 39.7 Å². The molecule has 16 heavy (non-hydrogen) atoms. The van der Waals surface area contributed by atoms with E-state index in [1.165, 1.54) is 0 Å². The van der Waals surface area contributed by atoms with Gasteiger partial charge in [-0.3, -0.25) is 0 Å². The first-order valence-corrected chi connectivity index (χ1v) is 5.39. The van der Waals surface area contributed by atoms with Crippen molar-refractivity contribution in [2.45, 2.75) is 0 Å². The Morgan fingerprint density at radius 3 is 2.81 bits per heavy atom. The van der Waals surface area contributed by atoms with Gasteiger partial charge in [-0.15, -0.1) is 0 Å². The zero-order valence-electron chi connectivity index (χ0n) is 7.78. The molecule has 0 unspecified atom stereocenters. The lowest BCUT2D eigenvalue weighted by atomic mass is 10.2. The Hall–Kier alpha value is -1.33. The Morgan fingerprint density at radius 2 is 2.25 bits per heavy atom. The second kappa shape index (κ2) is 4.27. The van der Waals surface area contributed by atoms with Gasteiger partial charge in [-0.2, -0.15) is 0 Å². The number of benzene rings is 1. The summed E-state index contributed by atoms with van der Waals surface area (Å²) in [6, 6.07) is 5.15. The van der Waals surface area contributed by atoms with E-state index >= 15 is 0 Å².